The summed E-state index contributed by atoms with van der Waals surface area (Å²) in [5.41, 5.74) is -0.510. The summed E-state index contributed by atoms with van der Waals surface area (Å²) in [6, 6.07) is 4.90. The number of hydrogen-bond donors (Lipinski definition) is 1. The number of fused-ring (bicyclic) bond motifs is 5. The number of amides is 2. The van der Waals surface area contributed by atoms with Gasteiger partial charge in [0.2, 0.25) is 27.7 Å². The normalized spacial score (nSPS) is 30.3. The molecule has 3 aliphatic heterocycles. The number of allylic oxidation sites excluding steroid dienone is 2. The first-order valence-corrected chi connectivity index (χ1v) is 22.5. The molecule has 5 aliphatic rings. The second kappa shape index (κ2) is 16.0. The van der Waals surface area contributed by atoms with Gasteiger partial charge in [-0.05, 0) is 79.9 Å². The number of aromatic nitrogens is 1. The van der Waals surface area contributed by atoms with E-state index in [0.29, 0.717) is 44.6 Å². The van der Waals surface area contributed by atoms with Crippen LogP contribution in [-0.2, 0) is 29.2 Å². The van der Waals surface area contributed by atoms with Crippen molar-refractivity contribution in [2.75, 3.05) is 31.6 Å². The van der Waals surface area contributed by atoms with Gasteiger partial charge in [-0.3, -0.25) is 23.9 Å². The molecule has 0 radical (unpaired) electrons. The number of sulfonamides is 1. The summed E-state index contributed by atoms with van der Waals surface area (Å²) in [5, 5.41) is 1.01. The zero-order chi connectivity index (χ0) is 40.9. The number of nitrogens with zero attached hydrogens (tertiary/aromatic N) is 3. The number of hydrogen-bond acceptors (Lipinski definition) is 10. The topological polar surface area (TPSA) is 152 Å². The number of carbonyl (C=O) groups is 4. The zero-order valence-electron chi connectivity index (χ0n) is 34.4. The van der Waals surface area contributed by atoms with Crippen LogP contribution in [0.2, 0.25) is 0 Å². The van der Waals surface area contributed by atoms with Crippen molar-refractivity contribution in [2.45, 2.75) is 123 Å². The van der Waals surface area contributed by atoms with Gasteiger partial charge in [0.15, 0.2) is 11.5 Å². The highest BCUT2D eigenvalue weighted by Gasteiger charge is 2.61. The third-order valence-electron chi connectivity index (χ3n) is 12.9. The number of rotatable bonds is 9. The van der Waals surface area contributed by atoms with Gasteiger partial charge in [-0.25, -0.2) is 13.4 Å². The van der Waals surface area contributed by atoms with E-state index in [0.717, 1.165) is 48.0 Å². The average molecular weight is 805 g/mol. The van der Waals surface area contributed by atoms with E-state index in [4.69, 9.17) is 9.47 Å². The van der Waals surface area contributed by atoms with E-state index in [1.54, 1.807) is 11.1 Å². The van der Waals surface area contributed by atoms with Crippen molar-refractivity contribution in [3.8, 4) is 11.6 Å². The molecule has 7 atom stereocenters. The minimum atomic E-state index is -3.85. The molecule has 1 aromatic carbocycles. The van der Waals surface area contributed by atoms with Crippen LogP contribution in [0.15, 0.2) is 36.5 Å². The second-order valence-corrected chi connectivity index (χ2v) is 20.7. The molecule has 0 bridgehead atoms. The first kappa shape index (κ1) is 41.2. The van der Waals surface area contributed by atoms with Gasteiger partial charge in [0, 0.05) is 55.6 Å². The summed E-state index contributed by atoms with van der Waals surface area (Å²) in [6.07, 6.45) is 9.89. The Morgan fingerprint density at radius 1 is 1.09 bits per heavy atom. The van der Waals surface area contributed by atoms with Gasteiger partial charge in [-0.1, -0.05) is 53.2 Å². The Labute approximate surface area is 337 Å². The molecule has 2 aromatic rings. The summed E-state index contributed by atoms with van der Waals surface area (Å²) in [7, 11) is -1.82. The maximum absolute atomic E-state index is 15.1. The number of Topliss-reactive ketones (excluding diaryl/α,β-unsaturated/α-hetero) is 2. The molecule has 7 rings (SSSR count). The monoisotopic (exact) mass is 804 g/mol. The Morgan fingerprint density at radius 3 is 2.58 bits per heavy atom. The van der Waals surface area contributed by atoms with Crippen LogP contribution in [0.25, 0.3) is 10.8 Å². The molecule has 2 saturated carbocycles. The Hall–Kier alpha value is -4.00. The second-order valence-electron chi connectivity index (χ2n) is 18.8. The van der Waals surface area contributed by atoms with Crippen LogP contribution in [0.4, 0.5) is 5.69 Å². The third-order valence-corrected chi connectivity index (χ3v) is 14.7. The SMILES string of the molecule is CC[C@@H]1C[C@H](C)CC/C=C\[C@@H]2C[C@@]2(C(=O)NS(=O)(=O)C2CC2)CC(=O)[C@@H]2C[C@@H](Oc3nccc4c5c(ccc34)N(C)CCO5)CN2C(=O)[C@H]1CC(=O)CC(C)(C)C. The Balaban J connectivity index is 1.24. The van der Waals surface area contributed by atoms with E-state index < -0.39 is 44.7 Å². The Bertz CT molecular complexity index is 2040. The van der Waals surface area contributed by atoms with Crippen LogP contribution < -0.4 is 19.1 Å². The van der Waals surface area contributed by atoms with Gasteiger partial charge in [-0.2, -0.15) is 0 Å². The molecule has 310 valence electrons. The van der Waals surface area contributed by atoms with Crippen molar-refractivity contribution in [3.05, 3.63) is 36.5 Å². The van der Waals surface area contributed by atoms with Crippen LogP contribution in [0.1, 0.15) is 105 Å². The number of ketones is 2. The molecule has 13 heteroatoms. The number of anilines is 1. The fourth-order valence-electron chi connectivity index (χ4n) is 9.45. The number of benzene rings is 1. The lowest BCUT2D eigenvalue weighted by Crippen LogP contribution is -2.47. The molecule has 57 heavy (non-hydrogen) atoms. The largest absolute Gasteiger partial charge is 0.489 e. The number of carbonyl (C=O) groups excluding carboxylic acids is 4. The fraction of sp³-hybridized carbons (Fsp3) is 0.659. The van der Waals surface area contributed by atoms with E-state index in [2.05, 4.69) is 34.5 Å². The molecular formula is C44H60N4O8S. The number of nitrogens with one attached hydrogen (secondary N) is 1. The van der Waals surface area contributed by atoms with Gasteiger partial charge < -0.3 is 19.3 Å². The summed E-state index contributed by atoms with van der Waals surface area (Å²) >= 11 is 0. The van der Waals surface area contributed by atoms with E-state index in [1.807, 2.05) is 52.1 Å². The first-order valence-electron chi connectivity index (χ1n) is 21.0. The maximum Gasteiger partial charge on any atom is 0.240 e. The summed E-state index contributed by atoms with van der Waals surface area (Å²) < 4.78 is 41.0. The van der Waals surface area contributed by atoms with Gasteiger partial charge >= 0.3 is 0 Å². The summed E-state index contributed by atoms with van der Waals surface area (Å²) in [5.74, 6) is -0.814. The molecule has 0 unspecified atom stereocenters. The molecule has 0 spiro atoms. The van der Waals surface area contributed by atoms with Gasteiger partial charge in [0.05, 0.1) is 35.5 Å². The standard InChI is InChI=1S/C44H60N4O8S/c1-7-28-20-27(2)10-8-9-11-29-23-44(29,42(52)46-57(53,54)32-12-13-32)25-38(50)37-22-31(26-48(37)41(51)35(28)21-30(49)24-43(3,4)5)56-40-34-14-15-36-39(33(34)16-17-45-40)55-19-18-47(36)6/h9,11,14-17,27-29,31-32,35,37H,7-8,10,12-13,18-26H2,1-6H3,(H,46,52)/b11-9-/t27-,28-,29-,31-,35+,37+,44-/m1/s1. The van der Waals surface area contributed by atoms with E-state index in [-0.39, 0.29) is 66.4 Å². The molecule has 2 aliphatic carbocycles. The zero-order valence-corrected chi connectivity index (χ0v) is 35.2. The molecular weight excluding hydrogens is 745 g/mol. The van der Waals surface area contributed by atoms with Crippen molar-refractivity contribution < 1.29 is 37.1 Å². The quantitative estimate of drug-likeness (QED) is 0.282. The molecule has 3 fully saturated rings. The minimum Gasteiger partial charge on any atom is -0.489 e. The van der Waals surface area contributed by atoms with E-state index in [9.17, 15) is 22.8 Å². The highest BCUT2D eigenvalue weighted by atomic mass is 32.2. The lowest BCUT2D eigenvalue weighted by molar-refractivity contribution is -0.145. The molecule has 2 amide bonds. The van der Waals surface area contributed by atoms with Gasteiger partial charge in [0.1, 0.15) is 18.5 Å². The van der Waals surface area contributed by atoms with Gasteiger partial charge in [-0.15, -0.1) is 0 Å². The minimum absolute atomic E-state index is 0.0205. The molecule has 1 saturated heterocycles. The van der Waals surface area contributed by atoms with Crippen molar-refractivity contribution in [3.63, 3.8) is 0 Å². The van der Waals surface area contributed by atoms with E-state index >= 15 is 4.79 Å². The Morgan fingerprint density at radius 2 is 1.86 bits per heavy atom. The molecule has 4 heterocycles. The molecule has 1 N–H and O–H groups in total. The summed E-state index contributed by atoms with van der Waals surface area (Å²) in [6.45, 7) is 11.7. The number of likely N-dealkylation sites (N-methyl/N-ethyl adjacent to an activating group) is 1. The summed E-state index contributed by atoms with van der Waals surface area (Å²) in [4.78, 5) is 65.9. The smallest absolute Gasteiger partial charge is 0.240 e. The molecule has 12 nitrogen and oxygen atoms in total. The molecule has 1 aromatic heterocycles. The Kier molecular flexibility index (Phi) is 11.5. The third kappa shape index (κ3) is 8.88. The van der Waals surface area contributed by atoms with Crippen LogP contribution in [0, 0.1) is 34.5 Å². The number of pyridine rings is 1. The highest BCUT2D eigenvalue weighted by Crippen LogP contribution is 2.57. The first-order chi connectivity index (χ1) is 27.0. The van der Waals surface area contributed by atoms with Crippen molar-refractivity contribution in [1.82, 2.24) is 14.6 Å². The van der Waals surface area contributed by atoms with Crippen LogP contribution in [0.3, 0.4) is 0 Å². The van der Waals surface area contributed by atoms with Gasteiger partial charge in [0.25, 0.3) is 0 Å². The van der Waals surface area contributed by atoms with Crippen molar-refractivity contribution in [2.24, 2.45) is 34.5 Å². The number of ether oxygens (including phenoxy) is 2. The lowest BCUT2D eigenvalue weighted by Gasteiger charge is -2.33. The fourth-order valence-corrected chi connectivity index (χ4v) is 10.8. The van der Waals surface area contributed by atoms with Crippen molar-refractivity contribution >= 4 is 49.9 Å². The van der Waals surface area contributed by atoms with Crippen LogP contribution >= 0.6 is 0 Å². The average Bonchev–Trinajstić information content (AvgIpc) is 4.07. The lowest BCUT2D eigenvalue weighted by atomic mass is 9.77. The maximum atomic E-state index is 15.1. The highest BCUT2D eigenvalue weighted by molar-refractivity contribution is 7.90. The van der Waals surface area contributed by atoms with E-state index in [1.165, 1.54) is 0 Å². The predicted molar refractivity (Wildman–Crippen MR) is 218 cm³/mol. The van der Waals surface area contributed by atoms with Crippen molar-refractivity contribution in [1.29, 1.82) is 0 Å². The van der Waals surface area contributed by atoms with Crippen LogP contribution in [0.5, 0.6) is 11.6 Å². The predicted octanol–water partition coefficient (Wildman–Crippen LogP) is 6.40. The van der Waals surface area contributed by atoms with Crippen LogP contribution in [-0.4, -0.2) is 85.8 Å².